The SMILES string of the molecule is COc1cc(NC(=O)c2ccc(-c3ccc(Oc4ccccc4OC)nn3)cc2)cc(OC)c1. The highest BCUT2D eigenvalue weighted by atomic mass is 16.5. The van der Waals surface area contributed by atoms with Crippen LogP contribution in [0.4, 0.5) is 5.69 Å². The molecule has 1 amide bonds. The van der Waals surface area contributed by atoms with Crippen molar-refractivity contribution in [2.24, 2.45) is 0 Å². The van der Waals surface area contributed by atoms with Gasteiger partial charge in [-0.15, -0.1) is 10.2 Å². The molecule has 0 radical (unpaired) electrons. The molecule has 0 fully saturated rings. The van der Waals surface area contributed by atoms with E-state index in [1.54, 1.807) is 75.9 Å². The number of amides is 1. The Morgan fingerprint density at radius 3 is 2.00 bits per heavy atom. The molecule has 0 atom stereocenters. The molecular weight excluding hydrogens is 434 g/mol. The number of carbonyl (C=O) groups is 1. The number of para-hydroxylation sites is 2. The monoisotopic (exact) mass is 457 g/mol. The summed E-state index contributed by atoms with van der Waals surface area (Å²) in [5, 5.41) is 11.2. The number of aromatic nitrogens is 2. The molecule has 8 heteroatoms. The molecule has 3 aromatic carbocycles. The maximum atomic E-state index is 12.7. The molecule has 0 aliphatic heterocycles. The second kappa shape index (κ2) is 10.4. The van der Waals surface area contributed by atoms with Crippen LogP contribution in [0.1, 0.15) is 10.4 Å². The predicted octanol–water partition coefficient (Wildman–Crippen LogP) is 5.21. The first-order valence-corrected chi connectivity index (χ1v) is 10.4. The van der Waals surface area contributed by atoms with E-state index < -0.39 is 0 Å². The van der Waals surface area contributed by atoms with Crippen LogP contribution in [-0.4, -0.2) is 37.4 Å². The van der Waals surface area contributed by atoms with Crippen LogP contribution >= 0.6 is 0 Å². The van der Waals surface area contributed by atoms with Crippen molar-refractivity contribution >= 4 is 11.6 Å². The Hall–Kier alpha value is -4.59. The zero-order chi connectivity index (χ0) is 23.9. The third kappa shape index (κ3) is 5.24. The van der Waals surface area contributed by atoms with Crippen molar-refractivity contribution in [1.29, 1.82) is 0 Å². The summed E-state index contributed by atoms with van der Waals surface area (Å²) in [6.07, 6.45) is 0. The molecule has 4 aromatic rings. The van der Waals surface area contributed by atoms with E-state index in [-0.39, 0.29) is 5.91 Å². The second-order valence-corrected chi connectivity index (χ2v) is 7.14. The smallest absolute Gasteiger partial charge is 0.255 e. The summed E-state index contributed by atoms with van der Waals surface area (Å²) in [4.78, 5) is 12.7. The molecule has 0 unspecified atom stereocenters. The molecule has 4 rings (SSSR count). The number of carbonyl (C=O) groups excluding carboxylic acids is 1. The number of nitrogens with zero attached hydrogens (tertiary/aromatic N) is 2. The van der Waals surface area contributed by atoms with Crippen molar-refractivity contribution < 1.29 is 23.7 Å². The molecule has 34 heavy (non-hydrogen) atoms. The largest absolute Gasteiger partial charge is 0.497 e. The van der Waals surface area contributed by atoms with Crippen LogP contribution in [0.25, 0.3) is 11.3 Å². The minimum Gasteiger partial charge on any atom is -0.497 e. The van der Waals surface area contributed by atoms with E-state index >= 15 is 0 Å². The lowest BCUT2D eigenvalue weighted by Gasteiger charge is -2.10. The fraction of sp³-hybridized carbons (Fsp3) is 0.115. The minimum atomic E-state index is -0.256. The third-order valence-electron chi connectivity index (χ3n) is 4.98. The van der Waals surface area contributed by atoms with Crippen molar-refractivity contribution in [2.45, 2.75) is 0 Å². The molecule has 0 aliphatic rings. The topological polar surface area (TPSA) is 91.8 Å². The lowest BCUT2D eigenvalue weighted by atomic mass is 10.1. The first-order chi connectivity index (χ1) is 16.6. The van der Waals surface area contributed by atoms with Gasteiger partial charge in [-0.3, -0.25) is 4.79 Å². The molecule has 1 N–H and O–H groups in total. The summed E-state index contributed by atoms with van der Waals surface area (Å²) in [6.45, 7) is 0. The van der Waals surface area contributed by atoms with Gasteiger partial charge in [-0.1, -0.05) is 24.3 Å². The van der Waals surface area contributed by atoms with Crippen molar-refractivity contribution in [3.05, 3.63) is 84.4 Å². The summed E-state index contributed by atoms with van der Waals surface area (Å²) in [7, 11) is 4.69. The van der Waals surface area contributed by atoms with E-state index in [2.05, 4.69) is 15.5 Å². The van der Waals surface area contributed by atoms with Gasteiger partial charge in [0.05, 0.1) is 27.0 Å². The van der Waals surface area contributed by atoms with Gasteiger partial charge in [-0.05, 0) is 30.3 Å². The number of benzene rings is 3. The van der Waals surface area contributed by atoms with Crippen LogP contribution in [0.5, 0.6) is 28.9 Å². The molecule has 0 bridgehead atoms. The van der Waals surface area contributed by atoms with Crippen LogP contribution in [0.15, 0.2) is 78.9 Å². The fourth-order valence-electron chi connectivity index (χ4n) is 3.22. The number of hydrogen-bond donors (Lipinski definition) is 1. The fourth-order valence-corrected chi connectivity index (χ4v) is 3.22. The van der Waals surface area contributed by atoms with Crippen LogP contribution in [0.2, 0.25) is 0 Å². The first-order valence-electron chi connectivity index (χ1n) is 10.4. The van der Waals surface area contributed by atoms with E-state index in [9.17, 15) is 4.79 Å². The van der Waals surface area contributed by atoms with E-state index in [4.69, 9.17) is 18.9 Å². The lowest BCUT2D eigenvalue weighted by Crippen LogP contribution is -2.12. The number of methoxy groups -OCH3 is 3. The maximum Gasteiger partial charge on any atom is 0.255 e. The number of rotatable bonds is 8. The maximum absolute atomic E-state index is 12.7. The molecule has 1 aromatic heterocycles. The summed E-state index contributed by atoms with van der Waals surface area (Å²) in [5.41, 5.74) is 2.53. The van der Waals surface area contributed by atoms with Crippen molar-refractivity contribution in [2.75, 3.05) is 26.6 Å². The number of nitrogens with one attached hydrogen (secondary N) is 1. The standard InChI is InChI=1S/C26H23N3O5/c1-31-20-14-19(15-21(16-20)32-2)27-26(30)18-10-8-17(9-11-18)22-12-13-25(29-28-22)34-24-7-5-4-6-23(24)33-3/h4-16H,1-3H3,(H,27,30). The molecule has 0 spiro atoms. The lowest BCUT2D eigenvalue weighted by molar-refractivity contribution is 0.102. The van der Waals surface area contributed by atoms with Crippen LogP contribution in [0, 0.1) is 0 Å². The van der Waals surface area contributed by atoms with Gasteiger partial charge < -0.3 is 24.3 Å². The summed E-state index contributed by atoms with van der Waals surface area (Å²) < 4.78 is 21.5. The highest BCUT2D eigenvalue weighted by Gasteiger charge is 2.11. The Labute approximate surface area is 197 Å². The van der Waals surface area contributed by atoms with E-state index in [0.717, 1.165) is 5.56 Å². The number of ether oxygens (including phenoxy) is 4. The average Bonchev–Trinajstić information content (AvgIpc) is 2.89. The molecule has 1 heterocycles. The van der Waals surface area contributed by atoms with Gasteiger partial charge in [0.15, 0.2) is 11.5 Å². The zero-order valence-corrected chi connectivity index (χ0v) is 18.9. The van der Waals surface area contributed by atoms with Gasteiger partial charge in [0.25, 0.3) is 5.91 Å². The molecule has 0 saturated carbocycles. The van der Waals surface area contributed by atoms with Crippen LogP contribution in [0.3, 0.4) is 0 Å². The Balaban J connectivity index is 1.44. The normalized spacial score (nSPS) is 10.3. The van der Waals surface area contributed by atoms with Crippen LogP contribution in [-0.2, 0) is 0 Å². The van der Waals surface area contributed by atoms with E-state index in [0.29, 0.717) is 45.8 Å². The van der Waals surface area contributed by atoms with E-state index in [1.165, 1.54) is 0 Å². The second-order valence-electron chi connectivity index (χ2n) is 7.14. The van der Waals surface area contributed by atoms with Gasteiger partial charge in [-0.2, -0.15) is 0 Å². The zero-order valence-electron chi connectivity index (χ0n) is 18.9. The molecule has 0 aliphatic carbocycles. The van der Waals surface area contributed by atoms with Crippen molar-refractivity contribution in [3.63, 3.8) is 0 Å². The average molecular weight is 457 g/mol. The third-order valence-corrected chi connectivity index (χ3v) is 4.98. The highest BCUT2D eigenvalue weighted by Crippen LogP contribution is 2.30. The van der Waals surface area contributed by atoms with Gasteiger partial charge in [0.1, 0.15) is 11.5 Å². The van der Waals surface area contributed by atoms with Crippen molar-refractivity contribution in [1.82, 2.24) is 10.2 Å². The van der Waals surface area contributed by atoms with E-state index in [1.807, 2.05) is 24.3 Å². The molecule has 8 nitrogen and oxygen atoms in total. The summed E-state index contributed by atoms with van der Waals surface area (Å²) >= 11 is 0. The van der Waals surface area contributed by atoms with Crippen molar-refractivity contribution in [3.8, 4) is 40.1 Å². The molecule has 172 valence electrons. The number of hydrogen-bond acceptors (Lipinski definition) is 7. The predicted molar refractivity (Wildman–Crippen MR) is 128 cm³/mol. The van der Waals surface area contributed by atoms with Crippen LogP contribution < -0.4 is 24.3 Å². The quantitative estimate of drug-likeness (QED) is 0.388. The number of anilines is 1. The Morgan fingerprint density at radius 1 is 0.735 bits per heavy atom. The van der Waals surface area contributed by atoms with Gasteiger partial charge in [0, 0.05) is 41.1 Å². The van der Waals surface area contributed by atoms with Gasteiger partial charge >= 0.3 is 0 Å². The Morgan fingerprint density at radius 2 is 1.41 bits per heavy atom. The molecular formula is C26H23N3O5. The Bertz CT molecular complexity index is 1250. The summed E-state index contributed by atoms with van der Waals surface area (Å²) in [6, 6.07) is 23.1. The van der Waals surface area contributed by atoms with Gasteiger partial charge in [0.2, 0.25) is 5.88 Å². The first kappa shape index (κ1) is 22.6. The summed E-state index contributed by atoms with van der Waals surface area (Å²) in [5.74, 6) is 2.42. The Kier molecular flexibility index (Phi) is 6.88. The highest BCUT2D eigenvalue weighted by molar-refractivity contribution is 6.04. The molecule has 0 saturated heterocycles. The van der Waals surface area contributed by atoms with Gasteiger partial charge in [-0.25, -0.2) is 0 Å². The minimum absolute atomic E-state index is 0.256.